The predicted octanol–water partition coefficient (Wildman–Crippen LogP) is -2.24. The average Bonchev–Trinajstić information content (AvgIpc) is 3.32. The maximum absolute atomic E-state index is 12.9. The van der Waals surface area contributed by atoms with Crippen LogP contribution in [0.15, 0.2) is 0 Å². The van der Waals surface area contributed by atoms with Crippen LogP contribution in [0.4, 0.5) is 0 Å². The van der Waals surface area contributed by atoms with Crippen LogP contribution in [-0.2, 0) is 24.0 Å². The van der Waals surface area contributed by atoms with E-state index in [-0.39, 0.29) is 31.8 Å². The number of carbonyl (C=O) groups excluding carboxylic acids is 4. The van der Waals surface area contributed by atoms with Crippen molar-refractivity contribution < 1.29 is 29.1 Å². The van der Waals surface area contributed by atoms with E-state index in [1.807, 2.05) is 0 Å². The van der Waals surface area contributed by atoms with Crippen molar-refractivity contribution in [3.63, 3.8) is 0 Å². The predicted molar refractivity (Wildman–Crippen MR) is 96.5 cm³/mol. The number of hydrogen-bond donors (Lipinski definition) is 4. The summed E-state index contributed by atoms with van der Waals surface area (Å²) in [6.07, 6.45) is 1.77. The maximum Gasteiger partial charge on any atom is 0.326 e. The van der Waals surface area contributed by atoms with Gasteiger partial charge in [0.05, 0.1) is 6.54 Å². The van der Waals surface area contributed by atoms with Crippen molar-refractivity contribution in [3.8, 4) is 0 Å². The van der Waals surface area contributed by atoms with E-state index in [9.17, 15) is 29.1 Å². The first-order valence-electron chi connectivity index (χ1n) is 9.37. The third-order valence-corrected chi connectivity index (χ3v) is 5.17. The lowest BCUT2D eigenvalue weighted by molar-refractivity contribution is -0.150. The summed E-state index contributed by atoms with van der Waals surface area (Å²) in [4.78, 5) is 62.6. The van der Waals surface area contributed by atoms with Crippen LogP contribution in [-0.4, -0.2) is 82.3 Å². The second-order valence-corrected chi connectivity index (χ2v) is 7.04. The van der Waals surface area contributed by atoms with E-state index in [4.69, 9.17) is 11.5 Å². The number of nitrogens with one attached hydrogen (secondary N) is 1. The van der Waals surface area contributed by atoms with Gasteiger partial charge >= 0.3 is 5.97 Å². The minimum Gasteiger partial charge on any atom is -0.480 e. The Bertz CT molecular complexity index is 654. The van der Waals surface area contributed by atoms with Gasteiger partial charge in [-0.05, 0) is 32.1 Å². The molecular formula is C17H27N5O6. The van der Waals surface area contributed by atoms with Crippen LogP contribution in [0.1, 0.15) is 38.5 Å². The van der Waals surface area contributed by atoms with E-state index in [0.717, 1.165) is 0 Å². The molecule has 2 rings (SSSR count). The van der Waals surface area contributed by atoms with Gasteiger partial charge in [0.25, 0.3) is 0 Å². The Morgan fingerprint density at radius 3 is 2.21 bits per heavy atom. The van der Waals surface area contributed by atoms with Gasteiger partial charge in [-0.3, -0.25) is 19.2 Å². The third kappa shape index (κ3) is 4.97. The Morgan fingerprint density at radius 2 is 1.64 bits per heavy atom. The van der Waals surface area contributed by atoms with Gasteiger partial charge in [0.1, 0.15) is 18.1 Å². The lowest BCUT2D eigenvalue weighted by atomic mass is 10.1. The molecule has 6 N–H and O–H groups in total. The molecule has 11 nitrogen and oxygen atoms in total. The Morgan fingerprint density at radius 1 is 1.04 bits per heavy atom. The first-order chi connectivity index (χ1) is 13.3. The number of carboxylic acid groups (broad SMARTS) is 1. The van der Waals surface area contributed by atoms with Gasteiger partial charge in [0, 0.05) is 19.5 Å². The summed E-state index contributed by atoms with van der Waals surface area (Å²) >= 11 is 0. The third-order valence-electron chi connectivity index (χ3n) is 5.17. The van der Waals surface area contributed by atoms with Crippen molar-refractivity contribution in [2.45, 2.75) is 56.7 Å². The molecule has 28 heavy (non-hydrogen) atoms. The van der Waals surface area contributed by atoms with E-state index in [0.29, 0.717) is 32.2 Å². The molecule has 2 aliphatic heterocycles. The molecule has 3 atom stereocenters. The van der Waals surface area contributed by atoms with Gasteiger partial charge in [-0.25, -0.2) is 4.79 Å². The van der Waals surface area contributed by atoms with Gasteiger partial charge in [-0.2, -0.15) is 0 Å². The summed E-state index contributed by atoms with van der Waals surface area (Å²) in [7, 11) is 0. The molecule has 11 heteroatoms. The summed E-state index contributed by atoms with van der Waals surface area (Å²) in [6, 6.07) is -2.79. The summed E-state index contributed by atoms with van der Waals surface area (Å²) in [5.74, 6) is -3.18. The molecule has 2 heterocycles. The molecule has 0 spiro atoms. The Balaban J connectivity index is 2.12. The van der Waals surface area contributed by atoms with E-state index in [1.54, 1.807) is 0 Å². The number of hydrogen-bond acceptors (Lipinski definition) is 6. The van der Waals surface area contributed by atoms with Crippen LogP contribution in [0, 0.1) is 0 Å². The lowest BCUT2D eigenvalue weighted by Crippen LogP contribution is -2.55. The van der Waals surface area contributed by atoms with Gasteiger partial charge < -0.3 is 31.7 Å². The van der Waals surface area contributed by atoms with Gasteiger partial charge in [-0.15, -0.1) is 0 Å². The van der Waals surface area contributed by atoms with Crippen molar-refractivity contribution in [2.24, 2.45) is 11.5 Å². The van der Waals surface area contributed by atoms with Crippen molar-refractivity contribution in [1.29, 1.82) is 0 Å². The van der Waals surface area contributed by atoms with E-state index < -0.39 is 41.8 Å². The molecule has 0 bridgehead atoms. The summed E-state index contributed by atoms with van der Waals surface area (Å²) in [5.41, 5.74) is 10.5. The molecule has 2 fully saturated rings. The summed E-state index contributed by atoms with van der Waals surface area (Å²) < 4.78 is 0. The molecule has 2 saturated heterocycles. The van der Waals surface area contributed by atoms with Gasteiger partial charge in [0.2, 0.25) is 23.6 Å². The molecule has 0 unspecified atom stereocenters. The zero-order valence-electron chi connectivity index (χ0n) is 15.6. The first-order valence-corrected chi connectivity index (χ1v) is 9.37. The Hall–Kier alpha value is -2.69. The number of carbonyl (C=O) groups is 5. The van der Waals surface area contributed by atoms with Crippen LogP contribution in [0.3, 0.4) is 0 Å². The topological polar surface area (TPSA) is 176 Å². The fraction of sp³-hybridized carbons (Fsp3) is 0.706. The largest absolute Gasteiger partial charge is 0.480 e. The molecule has 0 aliphatic carbocycles. The van der Waals surface area contributed by atoms with Crippen LogP contribution >= 0.6 is 0 Å². The monoisotopic (exact) mass is 397 g/mol. The molecule has 0 aromatic carbocycles. The number of carboxylic acids is 1. The standard InChI is InChI=1S/C17H27N5O6/c18-9-14(24)21-7-1-3-11(21)15(25)20-10(5-6-13(19)23)16(26)22-8-2-4-12(22)17(27)28/h10-12H,1-9,18H2,(H2,19,23)(H,20,25)(H,27,28)/t10-,11-,12-/m0/s1. The van der Waals surface area contributed by atoms with Crippen molar-refractivity contribution in [3.05, 3.63) is 0 Å². The molecular weight excluding hydrogens is 370 g/mol. The SMILES string of the molecule is NCC(=O)N1CCC[C@H]1C(=O)N[C@@H](CCC(N)=O)C(=O)N1CCC[C@H]1C(=O)O. The fourth-order valence-corrected chi connectivity index (χ4v) is 3.75. The quantitative estimate of drug-likeness (QED) is 0.358. The number of nitrogens with zero attached hydrogens (tertiary/aromatic N) is 2. The van der Waals surface area contributed by atoms with Crippen LogP contribution in [0.25, 0.3) is 0 Å². The van der Waals surface area contributed by atoms with Gasteiger partial charge in [-0.1, -0.05) is 0 Å². The zero-order valence-corrected chi connectivity index (χ0v) is 15.6. The number of rotatable bonds is 8. The van der Waals surface area contributed by atoms with Crippen LogP contribution < -0.4 is 16.8 Å². The number of aliphatic carboxylic acids is 1. The first kappa shape index (κ1) is 21.6. The van der Waals surface area contributed by atoms with E-state index in [1.165, 1.54) is 9.80 Å². The number of primary amides is 1. The van der Waals surface area contributed by atoms with E-state index >= 15 is 0 Å². The summed E-state index contributed by atoms with van der Waals surface area (Å²) in [6.45, 7) is 0.447. The van der Waals surface area contributed by atoms with Crippen LogP contribution in [0.2, 0.25) is 0 Å². The Kier molecular flexibility index (Phi) is 7.32. The number of likely N-dealkylation sites (tertiary alicyclic amines) is 2. The minimum atomic E-state index is -1.11. The Labute approximate surface area is 162 Å². The molecule has 4 amide bonds. The molecule has 0 saturated carbocycles. The lowest BCUT2D eigenvalue weighted by Gasteiger charge is -2.29. The van der Waals surface area contributed by atoms with Crippen LogP contribution in [0.5, 0.6) is 0 Å². The maximum atomic E-state index is 12.9. The molecule has 0 radical (unpaired) electrons. The normalized spacial score (nSPS) is 22.8. The molecule has 0 aromatic rings. The fourth-order valence-electron chi connectivity index (χ4n) is 3.75. The highest BCUT2D eigenvalue weighted by atomic mass is 16.4. The van der Waals surface area contributed by atoms with E-state index in [2.05, 4.69) is 5.32 Å². The highest BCUT2D eigenvalue weighted by molar-refractivity contribution is 5.94. The van der Waals surface area contributed by atoms with Crippen molar-refractivity contribution in [2.75, 3.05) is 19.6 Å². The second-order valence-electron chi connectivity index (χ2n) is 7.04. The van der Waals surface area contributed by atoms with Crippen molar-refractivity contribution in [1.82, 2.24) is 15.1 Å². The molecule has 2 aliphatic rings. The summed E-state index contributed by atoms with van der Waals surface area (Å²) in [5, 5.41) is 11.9. The smallest absolute Gasteiger partial charge is 0.326 e. The molecule has 156 valence electrons. The molecule has 0 aromatic heterocycles. The number of amides is 4. The average molecular weight is 397 g/mol. The van der Waals surface area contributed by atoms with Gasteiger partial charge in [0.15, 0.2) is 0 Å². The highest BCUT2D eigenvalue weighted by Crippen LogP contribution is 2.21. The zero-order chi connectivity index (χ0) is 20.8. The number of nitrogens with two attached hydrogens (primary N) is 2. The minimum absolute atomic E-state index is 0.0414. The highest BCUT2D eigenvalue weighted by Gasteiger charge is 2.40. The second kappa shape index (κ2) is 9.49. The van der Waals surface area contributed by atoms with Crippen molar-refractivity contribution >= 4 is 29.6 Å².